The summed E-state index contributed by atoms with van der Waals surface area (Å²) < 4.78 is 0. The van der Waals surface area contributed by atoms with Crippen LogP contribution < -0.4 is 0 Å². The number of benzene rings is 1. The van der Waals surface area contributed by atoms with Gasteiger partial charge in [0, 0.05) is 19.8 Å². The van der Waals surface area contributed by atoms with Crippen molar-refractivity contribution < 1.29 is 0 Å². The second-order valence-corrected chi connectivity index (χ2v) is 4.45. The molecule has 0 bridgehead atoms. The van der Waals surface area contributed by atoms with Crippen molar-refractivity contribution in [3.63, 3.8) is 0 Å². The summed E-state index contributed by atoms with van der Waals surface area (Å²) in [6, 6.07) is 8.70. The number of hydrogen-bond acceptors (Lipinski definition) is 1. The van der Waals surface area contributed by atoms with Gasteiger partial charge < -0.3 is 4.90 Å². The summed E-state index contributed by atoms with van der Waals surface area (Å²) in [6.07, 6.45) is 3.25. The molecule has 0 fully saturated rings. The molecule has 0 radical (unpaired) electrons. The van der Waals surface area contributed by atoms with E-state index in [9.17, 15) is 0 Å². The maximum atomic E-state index is 4.08. The lowest BCUT2D eigenvalue weighted by atomic mass is 9.98. The number of allylic oxidation sites excluding steroid dienone is 2. The van der Waals surface area contributed by atoms with Crippen LogP contribution in [0.15, 0.2) is 42.6 Å². The maximum absolute atomic E-state index is 4.08. The standard InChI is InChI=1S/C16H23N/c1-6-14-9-8-10-15(11-14)16(13(3)4)12-17(5)7-2/h8-12H,3,6-7H2,1-2,4-5H3/b16-12-. The fraction of sp³-hybridized carbons (Fsp3) is 0.375. The van der Waals surface area contributed by atoms with Crippen LogP contribution in [0.1, 0.15) is 31.9 Å². The second-order valence-electron chi connectivity index (χ2n) is 4.45. The van der Waals surface area contributed by atoms with Crippen molar-refractivity contribution in [2.75, 3.05) is 13.6 Å². The summed E-state index contributed by atoms with van der Waals surface area (Å²) in [6.45, 7) is 11.5. The first-order chi connectivity index (χ1) is 8.08. The zero-order chi connectivity index (χ0) is 12.8. The quantitative estimate of drug-likeness (QED) is 0.687. The van der Waals surface area contributed by atoms with Crippen molar-refractivity contribution in [2.45, 2.75) is 27.2 Å². The average Bonchev–Trinajstić information content (AvgIpc) is 2.35. The third-order valence-electron chi connectivity index (χ3n) is 2.95. The summed E-state index contributed by atoms with van der Waals surface area (Å²) in [4.78, 5) is 2.18. The van der Waals surface area contributed by atoms with Crippen LogP contribution in [-0.2, 0) is 6.42 Å². The highest BCUT2D eigenvalue weighted by Crippen LogP contribution is 2.23. The zero-order valence-electron chi connectivity index (χ0n) is 11.5. The highest BCUT2D eigenvalue weighted by Gasteiger charge is 2.04. The molecule has 92 valence electrons. The van der Waals surface area contributed by atoms with Crippen molar-refractivity contribution in [1.29, 1.82) is 0 Å². The van der Waals surface area contributed by atoms with Crippen LogP contribution >= 0.6 is 0 Å². The Morgan fingerprint density at radius 1 is 1.35 bits per heavy atom. The maximum Gasteiger partial charge on any atom is 0.0141 e. The Labute approximate surface area is 105 Å². The largest absolute Gasteiger partial charge is 0.380 e. The van der Waals surface area contributed by atoms with Gasteiger partial charge in [0.1, 0.15) is 0 Å². The fourth-order valence-electron chi connectivity index (χ4n) is 1.70. The van der Waals surface area contributed by atoms with Gasteiger partial charge >= 0.3 is 0 Å². The third kappa shape index (κ3) is 3.77. The van der Waals surface area contributed by atoms with Gasteiger partial charge in [0.05, 0.1) is 0 Å². The molecule has 0 saturated heterocycles. The van der Waals surface area contributed by atoms with E-state index in [4.69, 9.17) is 0 Å². The summed E-state index contributed by atoms with van der Waals surface area (Å²) in [5.41, 5.74) is 4.97. The highest BCUT2D eigenvalue weighted by atomic mass is 15.1. The Bertz CT molecular complexity index is 415. The Balaban J connectivity index is 3.14. The predicted molar refractivity (Wildman–Crippen MR) is 76.9 cm³/mol. The Morgan fingerprint density at radius 2 is 2.06 bits per heavy atom. The number of nitrogens with zero attached hydrogens (tertiary/aromatic N) is 1. The molecule has 0 atom stereocenters. The van der Waals surface area contributed by atoms with E-state index in [1.807, 2.05) is 0 Å². The number of hydrogen-bond donors (Lipinski definition) is 0. The molecule has 1 heteroatoms. The number of aryl methyl sites for hydroxylation is 1. The molecule has 0 aliphatic carbocycles. The van der Waals surface area contributed by atoms with Crippen molar-refractivity contribution in [2.24, 2.45) is 0 Å². The first kappa shape index (κ1) is 13.6. The molecule has 1 aromatic carbocycles. The lowest BCUT2D eigenvalue weighted by Crippen LogP contribution is -2.10. The normalized spacial score (nSPS) is 11.4. The first-order valence-corrected chi connectivity index (χ1v) is 6.25. The highest BCUT2D eigenvalue weighted by molar-refractivity contribution is 5.77. The van der Waals surface area contributed by atoms with Crippen molar-refractivity contribution in [3.05, 3.63) is 53.7 Å². The molecule has 0 N–H and O–H groups in total. The Kier molecular flexibility index (Phi) is 5.02. The molecule has 1 nitrogen and oxygen atoms in total. The van der Waals surface area contributed by atoms with E-state index in [0.717, 1.165) is 18.5 Å². The molecule has 0 spiro atoms. The van der Waals surface area contributed by atoms with Gasteiger partial charge in [-0.1, -0.05) is 37.8 Å². The summed E-state index contributed by atoms with van der Waals surface area (Å²) in [7, 11) is 2.09. The van der Waals surface area contributed by atoms with E-state index in [-0.39, 0.29) is 0 Å². The summed E-state index contributed by atoms with van der Waals surface area (Å²) >= 11 is 0. The molecule has 0 saturated carbocycles. The van der Waals surface area contributed by atoms with Crippen molar-refractivity contribution in [3.8, 4) is 0 Å². The Morgan fingerprint density at radius 3 is 2.59 bits per heavy atom. The molecule has 0 aromatic heterocycles. The molecule has 0 aliphatic rings. The van der Waals surface area contributed by atoms with Gasteiger partial charge in [0.25, 0.3) is 0 Å². The van der Waals surface area contributed by atoms with Crippen LogP contribution in [0.2, 0.25) is 0 Å². The van der Waals surface area contributed by atoms with E-state index in [1.54, 1.807) is 0 Å². The second kappa shape index (κ2) is 6.29. The lowest BCUT2D eigenvalue weighted by Gasteiger charge is -2.16. The molecule has 0 unspecified atom stereocenters. The van der Waals surface area contributed by atoms with E-state index < -0.39 is 0 Å². The fourth-order valence-corrected chi connectivity index (χ4v) is 1.70. The average molecular weight is 229 g/mol. The molecule has 0 heterocycles. The first-order valence-electron chi connectivity index (χ1n) is 6.25. The Hall–Kier alpha value is -1.50. The van der Waals surface area contributed by atoms with Gasteiger partial charge in [-0.3, -0.25) is 0 Å². The van der Waals surface area contributed by atoms with Gasteiger partial charge in [0.2, 0.25) is 0 Å². The predicted octanol–water partition coefficient (Wildman–Crippen LogP) is 4.12. The van der Waals surface area contributed by atoms with Gasteiger partial charge in [-0.05, 0) is 42.5 Å². The van der Waals surface area contributed by atoms with Gasteiger partial charge in [-0.25, -0.2) is 0 Å². The molecular formula is C16H23N. The molecular weight excluding hydrogens is 206 g/mol. The van der Waals surface area contributed by atoms with Gasteiger partial charge in [0.15, 0.2) is 0 Å². The van der Waals surface area contributed by atoms with Gasteiger partial charge in [-0.15, -0.1) is 0 Å². The van der Waals surface area contributed by atoms with Crippen LogP contribution in [0, 0.1) is 0 Å². The van der Waals surface area contributed by atoms with E-state index >= 15 is 0 Å². The van der Waals surface area contributed by atoms with E-state index in [1.165, 1.54) is 16.7 Å². The van der Waals surface area contributed by atoms with Crippen LogP contribution in [0.25, 0.3) is 5.57 Å². The molecule has 0 amide bonds. The molecule has 1 aromatic rings. The summed E-state index contributed by atoms with van der Waals surface area (Å²) in [5.74, 6) is 0. The third-order valence-corrected chi connectivity index (χ3v) is 2.95. The minimum absolute atomic E-state index is 1.00. The van der Waals surface area contributed by atoms with E-state index in [2.05, 4.69) is 69.8 Å². The smallest absolute Gasteiger partial charge is 0.0141 e. The molecule has 17 heavy (non-hydrogen) atoms. The lowest BCUT2D eigenvalue weighted by molar-refractivity contribution is 0.485. The number of rotatable bonds is 5. The summed E-state index contributed by atoms with van der Waals surface area (Å²) in [5, 5.41) is 0. The zero-order valence-corrected chi connectivity index (χ0v) is 11.5. The van der Waals surface area contributed by atoms with Crippen LogP contribution in [-0.4, -0.2) is 18.5 Å². The monoisotopic (exact) mass is 229 g/mol. The minimum Gasteiger partial charge on any atom is -0.380 e. The van der Waals surface area contributed by atoms with Crippen LogP contribution in [0.5, 0.6) is 0 Å². The van der Waals surface area contributed by atoms with Crippen LogP contribution in [0.4, 0.5) is 0 Å². The van der Waals surface area contributed by atoms with Crippen LogP contribution in [0.3, 0.4) is 0 Å². The van der Waals surface area contributed by atoms with Crippen molar-refractivity contribution >= 4 is 5.57 Å². The van der Waals surface area contributed by atoms with E-state index in [0.29, 0.717) is 0 Å². The van der Waals surface area contributed by atoms with Crippen molar-refractivity contribution in [1.82, 2.24) is 4.90 Å². The van der Waals surface area contributed by atoms with Gasteiger partial charge in [-0.2, -0.15) is 0 Å². The minimum atomic E-state index is 1.00. The molecule has 0 aliphatic heterocycles. The SMILES string of the molecule is C=C(C)/C(=C/N(C)CC)c1cccc(CC)c1. The molecule has 1 rings (SSSR count). The topological polar surface area (TPSA) is 3.24 Å².